The van der Waals surface area contributed by atoms with Crippen LogP contribution in [0.25, 0.3) is 0 Å². The molecule has 1 aromatic carbocycles. The summed E-state index contributed by atoms with van der Waals surface area (Å²) in [6.07, 6.45) is -2.29. The third-order valence-corrected chi connectivity index (χ3v) is 8.37. The van der Waals surface area contributed by atoms with Gasteiger partial charge in [-0.05, 0) is 36.3 Å². The minimum Gasteiger partial charge on any atom is -0.339 e. The van der Waals surface area contributed by atoms with Gasteiger partial charge in [-0.25, -0.2) is 18.4 Å². The topological polar surface area (TPSA) is 79.5 Å². The Morgan fingerprint density at radius 3 is 2.27 bits per heavy atom. The zero-order valence-corrected chi connectivity index (χ0v) is 19.0. The van der Waals surface area contributed by atoms with Crippen LogP contribution >= 0.6 is 0 Å². The molecule has 1 saturated carbocycles. The molecule has 33 heavy (non-hydrogen) atoms. The molecule has 3 aliphatic rings. The molecule has 3 heterocycles. The summed E-state index contributed by atoms with van der Waals surface area (Å²) in [4.78, 5) is 4.64. The standard InChI is InChI=1S/C22H27F3N4O3S/c23-22(24,25)12-15-1-3-16(4-2-15)18-11-19(21-26-20(27-32-21)17-5-6-17)14-29(13-18)28-7-9-33(30,31)10-8-28/h1-4,17-19H,5-14H2. The van der Waals surface area contributed by atoms with Crippen molar-refractivity contribution in [3.63, 3.8) is 0 Å². The lowest BCUT2D eigenvalue weighted by Gasteiger charge is -2.44. The number of alkyl halides is 3. The number of hydrogen-bond donors (Lipinski definition) is 0. The van der Waals surface area contributed by atoms with E-state index in [1.807, 2.05) is 0 Å². The molecule has 2 saturated heterocycles. The van der Waals surface area contributed by atoms with Crippen molar-refractivity contribution in [1.29, 1.82) is 0 Å². The van der Waals surface area contributed by atoms with E-state index in [1.54, 1.807) is 24.3 Å². The summed E-state index contributed by atoms with van der Waals surface area (Å²) < 4.78 is 67.6. The van der Waals surface area contributed by atoms with Crippen molar-refractivity contribution in [2.75, 3.05) is 37.7 Å². The molecule has 2 aromatic rings. The molecule has 0 radical (unpaired) electrons. The molecular weight excluding hydrogens is 457 g/mol. The first-order valence-electron chi connectivity index (χ1n) is 11.3. The van der Waals surface area contributed by atoms with Gasteiger partial charge >= 0.3 is 6.18 Å². The van der Waals surface area contributed by atoms with Crippen molar-refractivity contribution in [3.05, 3.63) is 47.1 Å². The molecule has 180 valence electrons. The highest BCUT2D eigenvalue weighted by atomic mass is 32.2. The van der Waals surface area contributed by atoms with E-state index in [0.717, 1.165) is 30.7 Å². The summed E-state index contributed by atoms with van der Waals surface area (Å²) in [6, 6.07) is 6.64. The number of hydrazine groups is 1. The number of nitrogens with zero attached hydrogens (tertiary/aromatic N) is 4. The van der Waals surface area contributed by atoms with Gasteiger partial charge in [0.1, 0.15) is 0 Å². The van der Waals surface area contributed by atoms with E-state index in [-0.39, 0.29) is 28.9 Å². The summed E-state index contributed by atoms with van der Waals surface area (Å²) in [6.45, 7) is 2.18. The second-order valence-electron chi connectivity index (χ2n) is 9.41. The fourth-order valence-corrected chi connectivity index (χ4v) is 5.95. The van der Waals surface area contributed by atoms with E-state index in [4.69, 9.17) is 4.52 Å². The van der Waals surface area contributed by atoms with Crippen molar-refractivity contribution < 1.29 is 26.1 Å². The van der Waals surface area contributed by atoms with E-state index in [2.05, 4.69) is 20.2 Å². The molecule has 2 atom stereocenters. The molecule has 7 nitrogen and oxygen atoms in total. The van der Waals surface area contributed by atoms with Gasteiger partial charge in [0.2, 0.25) is 5.89 Å². The largest absolute Gasteiger partial charge is 0.393 e. The Morgan fingerprint density at radius 1 is 0.970 bits per heavy atom. The van der Waals surface area contributed by atoms with Crippen LogP contribution in [0.3, 0.4) is 0 Å². The normalized spacial score (nSPS) is 27.0. The van der Waals surface area contributed by atoms with Gasteiger partial charge in [0, 0.05) is 32.1 Å². The lowest BCUT2D eigenvalue weighted by molar-refractivity contribution is -0.127. The summed E-state index contributed by atoms with van der Waals surface area (Å²) in [7, 11) is -3.01. The van der Waals surface area contributed by atoms with E-state index in [1.165, 1.54) is 0 Å². The zero-order chi connectivity index (χ0) is 23.2. The maximum atomic E-state index is 12.7. The molecule has 1 aliphatic carbocycles. The van der Waals surface area contributed by atoms with Gasteiger partial charge in [0.25, 0.3) is 0 Å². The second kappa shape index (κ2) is 8.66. The molecular formula is C22H27F3N4O3S. The minimum absolute atomic E-state index is 0.0304. The van der Waals surface area contributed by atoms with Crippen LogP contribution in [-0.4, -0.2) is 72.4 Å². The molecule has 2 unspecified atom stereocenters. The number of piperidine rings is 1. The molecule has 0 bridgehead atoms. The average molecular weight is 485 g/mol. The molecule has 11 heteroatoms. The Kier molecular flexibility index (Phi) is 5.98. The van der Waals surface area contributed by atoms with Crippen LogP contribution in [0.4, 0.5) is 13.2 Å². The molecule has 0 spiro atoms. The molecule has 5 rings (SSSR count). The van der Waals surface area contributed by atoms with Gasteiger partial charge in [-0.1, -0.05) is 29.4 Å². The van der Waals surface area contributed by atoms with Crippen LogP contribution in [0.1, 0.15) is 59.9 Å². The van der Waals surface area contributed by atoms with Crippen molar-refractivity contribution >= 4 is 9.84 Å². The van der Waals surface area contributed by atoms with E-state index < -0.39 is 22.4 Å². The van der Waals surface area contributed by atoms with Crippen molar-refractivity contribution in [1.82, 2.24) is 20.2 Å². The van der Waals surface area contributed by atoms with Crippen LogP contribution in [0.5, 0.6) is 0 Å². The molecule has 1 aromatic heterocycles. The quantitative estimate of drug-likeness (QED) is 0.645. The maximum absolute atomic E-state index is 12.7. The molecule has 3 fully saturated rings. The summed E-state index contributed by atoms with van der Waals surface area (Å²) in [5.74, 6) is 1.99. The molecule has 2 aliphatic heterocycles. The Balaban J connectivity index is 1.36. The van der Waals surface area contributed by atoms with E-state index >= 15 is 0 Å². The number of sulfone groups is 1. The Hall–Kier alpha value is -1.98. The summed E-state index contributed by atoms with van der Waals surface area (Å²) in [5, 5.41) is 8.39. The van der Waals surface area contributed by atoms with Gasteiger partial charge in [0.15, 0.2) is 15.7 Å². The summed E-state index contributed by atoms with van der Waals surface area (Å²) in [5.41, 5.74) is 1.20. The average Bonchev–Trinajstić information content (AvgIpc) is 3.49. The third-order valence-electron chi connectivity index (χ3n) is 6.76. The van der Waals surface area contributed by atoms with Crippen molar-refractivity contribution in [2.45, 2.75) is 49.6 Å². The Morgan fingerprint density at radius 2 is 1.64 bits per heavy atom. The van der Waals surface area contributed by atoms with E-state index in [0.29, 0.717) is 38.0 Å². The van der Waals surface area contributed by atoms with Gasteiger partial charge < -0.3 is 4.52 Å². The predicted octanol–water partition coefficient (Wildman–Crippen LogP) is 3.27. The highest BCUT2D eigenvalue weighted by Crippen LogP contribution is 2.40. The Bertz CT molecular complexity index is 1070. The monoisotopic (exact) mass is 484 g/mol. The van der Waals surface area contributed by atoms with Gasteiger partial charge in [-0.3, -0.25) is 0 Å². The molecule has 0 N–H and O–H groups in total. The zero-order valence-electron chi connectivity index (χ0n) is 18.2. The first-order valence-corrected chi connectivity index (χ1v) is 13.2. The maximum Gasteiger partial charge on any atom is 0.393 e. The highest BCUT2D eigenvalue weighted by molar-refractivity contribution is 7.91. The van der Waals surface area contributed by atoms with Crippen LogP contribution in [0, 0.1) is 0 Å². The summed E-state index contributed by atoms with van der Waals surface area (Å²) >= 11 is 0. The SMILES string of the molecule is O=S1(=O)CCN(N2CC(c3ccc(CC(F)(F)F)cc3)CC(c3nc(C4CC4)no3)C2)CC1. The fourth-order valence-electron chi connectivity index (χ4n) is 4.77. The number of halogens is 3. The second-order valence-corrected chi connectivity index (χ2v) is 11.7. The van der Waals surface area contributed by atoms with Gasteiger partial charge in [-0.15, -0.1) is 0 Å². The smallest absolute Gasteiger partial charge is 0.339 e. The van der Waals surface area contributed by atoms with Gasteiger partial charge in [-0.2, -0.15) is 18.2 Å². The third kappa shape index (κ3) is 5.58. The minimum atomic E-state index is -4.24. The molecule has 0 amide bonds. The number of rotatable bonds is 5. The van der Waals surface area contributed by atoms with Crippen LogP contribution < -0.4 is 0 Å². The van der Waals surface area contributed by atoms with Crippen molar-refractivity contribution in [2.24, 2.45) is 0 Å². The predicted molar refractivity (Wildman–Crippen MR) is 114 cm³/mol. The number of hydrogen-bond acceptors (Lipinski definition) is 7. The lowest BCUT2D eigenvalue weighted by Crippen LogP contribution is -2.54. The van der Waals surface area contributed by atoms with Crippen LogP contribution in [0.15, 0.2) is 28.8 Å². The fraction of sp³-hybridized carbons (Fsp3) is 0.636. The lowest BCUT2D eigenvalue weighted by atomic mass is 9.84. The highest BCUT2D eigenvalue weighted by Gasteiger charge is 2.38. The Labute approximate surface area is 190 Å². The number of aromatic nitrogens is 2. The van der Waals surface area contributed by atoms with E-state index in [9.17, 15) is 21.6 Å². The first kappa shape index (κ1) is 22.8. The number of benzene rings is 1. The van der Waals surface area contributed by atoms with Crippen LogP contribution in [0.2, 0.25) is 0 Å². The first-order chi connectivity index (χ1) is 15.7. The van der Waals surface area contributed by atoms with Crippen molar-refractivity contribution in [3.8, 4) is 0 Å². The van der Waals surface area contributed by atoms with Crippen LogP contribution in [-0.2, 0) is 16.3 Å². The van der Waals surface area contributed by atoms with Gasteiger partial charge in [0.05, 0.1) is 23.8 Å².